The van der Waals surface area contributed by atoms with E-state index in [0.717, 1.165) is 24.1 Å². The molecule has 0 spiro atoms. The van der Waals surface area contributed by atoms with Gasteiger partial charge >= 0.3 is 0 Å². The smallest absolute Gasteiger partial charge is 0.243 e. The van der Waals surface area contributed by atoms with E-state index in [2.05, 4.69) is 44.8 Å². The van der Waals surface area contributed by atoms with Crippen molar-refractivity contribution in [3.8, 4) is 0 Å². The molecule has 3 rings (SSSR count). The molecular weight excluding hydrogens is 356 g/mol. The summed E-state index contributed by atoms with van der Waals surface area (Å²) < 4.78 is 27.2. The van der Waals surface area contributed by atoms with Crippen molar-refractivity contribution in [2.45, 2.75) is 45.4 Å². The topological polar surface area (TPSA) is 49.7 Å². The molecule has 5 heteroatoms. The summed E-state index contributed by atoms with van der Waals surface area (Å²) in [5.74, 6) is 0.599. The van der Waals surface area contributed by atoms with Gasteiger partial charge in [0.1, 0.15) is 0 Å². The number of benzene rings is 2. The van der Waals surface area contributed by atoms with E-state index >= 15 is 0 Å². The summed E-state index contributed by atoms with van der Waals surface area (Å²) in [6.45, 7) is 9.63. The molecule has 4 nitrogen and oxygen atoms in total. The number of aliphatic imine (C=N–C) groups is 1. The van der Waals surface area contributed by atoms with Gasteiger partial charge in [-0.25, -0.2) is 8.42 Å². The minimum absolute atomic E-state index is 0.346. The van der Waals surface area contributed by atoms with E-state index in [1.54, 1.807) is 28.6 Å². The summed E-state index contributed by atoms with van der Waals surface area (Å²) in [6, 6.07) is 11.2. The predicted octanol–water partition coefficient (Wildman–Crippen LogP) is 4.78. The zero-order chi connectivity index (χ0) is 19.6. The molecule has 0 aromatic heterocycles. The van der Waals surface area contributed by atoms with E-state index in [4.69, 9.17) is 0 Å². The molecule has 0 aliphatic carbocycles. The molecule has 0 unspecified atom stereocenters. The monoisotopic (exact) mass is 384 g/mol. The van der Waals surface area contributed by atoms with Crippen LogP contribution in [-0.4, -0.2) is 32.0 Å². The van der Waals surface area contributed by atoms with Crippen LogP contribution in [0.2, 0.25) is 0 Å². The highest BCUT2D eigenvalue weighted by Crippen LogP contribution is 2.25. The Morgan fingerprint density at radius 2 is 1.56 bits per heavy atom. The molecule has 1 saturated heterocycles. The van der Waals surface area contributed by atoms with Crippen LogP contribution in [-0.2, 0) is 10.0 Å². The Kier molecular flexibility index (Phi) is 5.82. The van der Waals surface area contributed by atoms with Crippen LogP contribution in [0.15, 0.2) is 46.3 Å². The van der Waals surface area contributed by atoms with Crippen molar-refractivity contribution in [3.05, 3.63) is 58.7 Å². The lowest BCUT2D eigenvalue weighted by Gasteiger charge is -2.29. The molecule has 1 aliphatic heterocycles. The van der Waals surface area contributed by atoms with Crippen LogP contribution in [0.1, 0.15) is 42.0 Å². The van der Waals surface area contributed by atoms with Crippen LogP contribution in [0, 0.1) is 26.7 Å². The van der Waals surface area contributed by atoms with Gasteiger partial charge < -0.3 is 0 Å². The lowest BCUT2D eigenvalue weighted by Crippen LogP contribution is -2.37. The summed E-state index contributed by atoms with van der Waals surface area (Å²) in [4.78, 5) is 4.89. The van der Waals surface area contributed by atoms with Gasteiger partial charge in [0, 0.05) is 19.3 Å². The average molecular weight is 385 g/mol. The molecular formula is C22H28N2O2S. The van der Waals surface area contributed by atoms with E-state index in [0.29, 0.717) is 23.9 Å². The third-order valence-electron chi connectivity index (χ3n) is 5.30. The van der Waals surface area contributed by atoms with Crippen LogP contribution in [0.3, 0.4) is 0 Å². The Morgan fingerprint density at radius 1 is 1.00 bits per heavy atom. The van der Waals surface area contributed by atoms with Crippen LogP contribution in [0.5, 0.6) is 0 Å². The Bertz CT molecular complexity index is 916. The largest absolute Gasteiger partial charge is 0.256 e. The number of rotatable bonds is 4. The van der Waals surface area contributed by atoms with Crippen LogP contribution in [0.4, 0.5) is 5.69 Å². The molecule has 1 heterocycles. The second kappa shape index (κ2) is 7.95. The van der Waals surface area contributed by atoms with E-state index in [1.807, 2.05) is 6.21 Å². The Labute approximate surface area is 163 Å². The fourth-order valence-corrected chi connectivity index (χ4v) is 5.08. The van der Waals surface area contributed by atoms with Crippen molar-refractivity contribution in [1.82, 2.24) is 4.31 Å². The van der Waals surface area contributed by atoms with Gasteiger partial charge in [-0.2, -0.15) is 4.31 Å². The normalized spacial score (nSPS) is 16.9. The van der Waals surface area contributed by atoms with E-state index in [9.17, 15) is 8.42 Å². The van der Waals surface area contributed by atoms with Gasteiger partial charge in [-0.3, -0.25) is 4.99 Å². The zero-order valence-corrected chi connectivity index (χ0v) is 17.4. The average Bonchev–Trinajstić information content (AvgIpc) is 2.61. The molecule has 2 aromatic carbocycles. The number of piperidine rings is 1. The number of nitrogens with zero attached hydrogens (tertiary/aromatic N) is 2. The summed E-state index contributed by atoms with van der Waals surface area (Å²) in [6.07, 6.45) is 3.72. The molecule has 1 fully saturated rings. The highest BCUT2D eigenvalue weighted by atomic mass is 32.2. The molecule has 27 heavy (non-hydrogen) atoms. The third kappa shape index (κ3) is 4.47. The van der Waals surface area contributed by atoms with Gasteiger partial charge in [0.25, 0.3) is 0 Å². The molecule has 2 aromatic rings. The maximum atomic E-state index is 12.8. The van der Waals surface area contributed by atoms with Gasteiger partial charge in [0.05, 0.1) is 10.6 Å². The molecule has 0 radical (unpaired) electrons. The van der Waals surface area contributed by atoms with Crippen molar-refractivity contribution in [3.63, 3.8) is 0 Å². The first-order valence-corrected chi connectivity index (χ1v) is 10.9. The summed E-state index contributed by atoms with van der Waals surface area (Å²) >= 11 is 0. The standard InChI is InChI=1S/C22H28N2O2S/c1-16-9-11-24(12-10-16)27(25,26)21-7-5-20(6-8-21)23-15-22-18(3)13-17(2)14-19(22)4/h5-8,13-16H,9-12H2,1-4H3. The van der Waals surface area contributed by atoms with E-state index in [1.165, 1.54) is 16.7 Å². The fourth-order valence-electron chi connectivity index (χ4n) is 3.61. The lowest BCUT2D eigenvalue weighted by atomic mass is 10.0. The van der Waals surface area contributed by atoms with Crippen molar-refractivity contribution >= 4 is 21.9 Å². The second-order valence-electron chi connectivity index (χ2n) is 7.65. The van der Waals surface area contributed by atoms with Gasteiger partial charge in [-0.1, -0.05) is 24.6 Å². The van der Waals surface area contributed by atoms with Gasteiger partial charge in [-0.05, 0) is 80.5 Å². The van der Waals surface area contributed by atoms with E-state index in [-0.39, 0.29) is 0 Å². The van der Waals surface area contributed by atoms with Crippen molar-refractivity contribution < 1.29 is 8.42 Å². The minimum Gasteiger partial charge on any atom is -0.256 e. The second-order valence-corrected chi connectivity index (χ2v) is 9.59. The van der Waals surface area contributed by atoms with Crippen LogP contribution < -0.4 is 0 Å². The van der Waals surface area contributed by atoms with Crippen LogP contribution >= 0.6 is 0 Å². The predicted molar refractivity (Wildman–Crippen MR) is 112 cm³/mol. The first kappa shape index (κ1) is 19.8. The van der Waals surface area contributed by atoms with Crippen molar-refractivity contribution in [1.29, 1.82) is 0 Å². The SMILES string of the molecule is Cc1cc(C)c(C=Nc2ccc(S(=O)(=O)N3CCC(C)CC3)cc2)c(C)c1. The molecule has 0 amide bonds. The van der Waals surface area contributed by atoms with Gasteiger partial charge in [-0.15, -0.1) is 0 Å². The summed E-state index contributed by atoms with van der Waals surface area (Å²) in [7, 11) is -3.41. The Hall–Kier alpha value is -1.98. The quantitative estimate of drug-likeness (QED) is 0.712. The first-order valence-electron chi connectivity index (χ1n) is 9.49. The number of hydrogen-bond acceptors (Lipinski definition) is 3. The molecule has 0 N–H and O–H groups in total. The van der Waals surface area contributed by atoms with Crippen LogP contribution in [0.25, 0.3) is 0 Å². The number of aryl methyl sites for hydroxylation is 3. The van der Waals surface area contributed by atoms with Gasteiger partial charge in [0.2, 0.25) is 10.0 Å². The molecule has 0 saturated carbocycles. The molecule has 1 aliphatic rings. The number of sulfonamides is 1. The number of hydrogen-bond donors (Lipinski definition) is 0. The van der Waals surface area contributed by atoms with Crippen molar-refractivity contribution in [2.24, 2.45) is 10.9 Å². The van der Waals surface area contributed by atoms with E-state index < -0.39 is 10.0 Å². The summed E-state index contributed by atoms with van der Waals surface area (Å²) in [5, 5.41) is 0. The maximum absolute atomic E-state index is 12.8. The molecule has 144 valence electrons. The first-order chi connectivity index (χ1) is 12.8. The fraction of sp³-hybridized carbons (Fsp3) is 0.409. The lowest BCUT2D eigenvalue weighted by molar-refractivity contribution is 0.288. The zero-order valence-electron chi connectivity index (χ0n) is 16.6. The minimum atomic E-state index is -3.41. The summed E-state index contributed by atoms with van der Waals surface area (Å²) in [5.41, 5.74) is 5.48. The van der Waals surface area contributed by atoms with Gasteiger partial charge in [0.15, 0.2) is 0 Å². The Morgan fingerprint density at radius 3 is 2.11 bits per heavy atom. The van der Waals surface area contributed by atoms with Crippen molar-refractivity contribution in [2.75, 3.05) is 13.1 Å². The highest BCUT2D eigenvalue weighted by molar-refractivity contribution is 7.89. The maximum Gasteiger partial charge on any atom is 0.243 e. The Balaban J connectivity index is 1.78. The third-order valence-corrected chi connectivity index (χ3v) is 7.21. The molecule has 0 atom stereocenters. The highest BCUT2D eigenvalue weighted by Gasteiger charge is 2.27. The molecule has 0 bridgehead atoms.